The lowest BCUT2D eigenvalue weighted by Gasteiger charge is -2.11. The van der Waals surface area contributed by atoms with Crippen LogP contribution in [0, 0.1) is 11.8 Å². The lowest BCUT2D eigenvalue weighted by molar-refractivity contribution is -0.137. The van der Waals surface area contributed by atoms with E-state index in [1.807, 2.05) is 20.8 Å². The first-order valence-corrected chi connectivity index (χ1v) is 6.04. The number of carbonyl (C=O) groups excluding carboxylic acids is 1. The van der Waals surface area contributed by atoms with Gasteiger partial charge in [-0.3, -0.25) is 4.79 Å². The maximum Gasteiger partial charge on any atom is 0.407 e. The summed E-state index contributed by atoms with van der Waals surface area (Å²) in [4.78, 5) is 21.5. The molecule has 0 saturated heterocycles. The number of nitrogens with one attached hydrogen (secondary N) is 1. The highest BCUT2D eigenvalue weighted by atomic mass is 16.5. The molecular formula is C12H23NO4. The number of rotatable bonds is 8. The van der Waals surface area contributed by atoms with Crippen molar-refractivity contribution in [3.8, 4) is 0 Å². The standard InChI is InChI=1S/C12H23NO4/c1-9(2)8-17-12(16)13-7-6-10(3)4-5-11(14)15/h9-10H,4-8H2,1-3H3,(H,13,16)(H,14,15). The number of carboxylic acids is 1. The molecule has 0 aliphatic heterocycles. The highest BCUT2D eigenvalue weighted by molar-refractivity contribution is 5.67. The van der Waals surface area contributed by atoms with E-state index >= 15 is 0 Å². The average molecular weight is 245 g/mol. The molecule has 0 aromatic rings. The van der Waals surface area contributed by atoms with Gasteiger partial charge in [-0.2, -0.15) is 0 Å². The fourth-order valence-electron chi connectivity index (χ4n) is 1.23. The minimum atomic E-state index is -0.777. The van der Waals surface area contributed by atoms with Crippen molar-refractivity contribution >= 4 is 12.1 Å². The van der Waals surface area contributed by atoms with E-state index < -0.39 is 12.1 Å². The molecule has 0 saturated carbocycles. The number of aliphatic carboxylic acids is 1. The van der Waals surface area contributed by atoms with Gasteiger partial charge in [0.05, 0.1) is 6.61 Å². The first kappa shape index (κ1) is 15.7. The second-order valence-electron chi connectivity index (χ2n) is 4.75. The molecule has 0 bridgehead atoms. The Bertz CT molecular complexity index is 241. The SMILES string of the molecule is CC(C)COC(=O)NCCC(C)CCC(=O)O. The Morgan fingerprint density at radius 3 is 2.41 bits per heavy atom. The van der Waals surface area contributed by atoms with Crippen LogP contribution in [0.4, 0.5) is 4.79 Å². The molecule has 0 rings (SSSR count). The predicted octanol–water partition coefficient (Wildman–Crippen LogP) is 2.26. The van der Waals surface area contributed by atoms with Gasteiger partial charge in [-0.25, -0.2) is 4.79 Å². The Morgan fingerprint density at radius 2 is 1.88 bits per heavy atom. The second-order valence-corrected chi connectivity index (χ2v) is 4.75. The van der Waals surface area contributed by atoms with Gasteiger partial charge in [-0.1, -0.05) is 20.8 Å². The minimum Gasteiger partial charge on any atom is -0.481 e. The zero-order chi connectivity index (χ0) is 13.3. The van der Waals surface area contributed by atoms with E-state index in [1.54, 1.807) is 0 Å². The first-order valence-electron chi connectivity index (χ1n) is 6.04. The second kappa shape index (κ2) is 8.84. The van der Waals surface area contributed by atoms with Gasteiger partial charge in [-0.05, 0) is 24.7 Å². The van der Waals surface area contributed by atoms with E-state index in [9.17, 15) is 9.59 Å². The molecule has 1 unspecified atom stereocenters. The van der Waals surface area contributed by atoms with Crippen LogP contribution in [0.25, 0.3) is 0 Å². The molecule has 5 heteroatoms. The third-order valence-electron chi connectivity index (χ3n) is 2.31. The van der Waals surface area contributed by atoms with Crippen molar-refractivity contribution in [2.24, 2.45) is 11.8 Å². The van der Waals surface area contributed by atoms with E-state index in [-0.39, 0.29) is 12.3 Å². The van der Waals surface area contributed by atoms with Crippen LogP contribution in [0.2, 0.25) is 0 Å². The Balaban J connectivity index is 3.48. The molecule has 100 valence electrons. The monoisotopic (exact) mass is 245 g/mol. The molecule has 0 aromatic heterocycles. The lowest BCUT2D eigenvalue weighted by Crippen LogP contribution is -2.27. The van der Waals surface area contributed by atoms with E-state index in [0.29, 0.717) is 25.5 Å². The number of carbonyl (C=O) groups is 2. The summed E-state index contributed by atoms with van der Waals surface area (Å²) in [5.74, 6) is -0.159. The van der Waals surface area contributed by atoms with Gasteiger partial charge in [-0.15, -0.1) is 0 Å². The summed E-state index contributed by atoms with van der Waals surface area (Å²) in [6.45, 7) is 6.87. The van der Waals surface area contributed by atoms with Crippen LogP contribution in [0.5, 0.6) is 0 Å². The maximum atomic E-state index is 11.2. The topological polar surface area (TPSA) is 75.6 Å². The smallest absolute Gasteiger partial charge is 0.407 e. The Morgan fingerprint density at radius 1 is 1.24 bits per heavy atom. The van der Waals surface area contributed by atoms with Crippen molar-refractivity contribution in [2.45, 2.75) is 40.0 Å². The van der Waals surface area contributed by atoms with E-state index in [2.05, 4.69) is 5.32 Å². The maximum absolute atomic E-state index is 11.2. The number of carboxylic acid groups (broad SMARTS) is 1. The van der Waals surface area contributed by atoms with Gasteiger partial charge < -0.3 is 15.2 Å². The van der Waals surface area contributed by atoms with Crippen molar-refractivity contribution in [1.82, 2.24) is 5.32 Å². The lowest BCUT2D eigenvalue weighted by atomic mass is 10.0. The summed E-state index contributed by atoms with van der Waals surface area (Å²) in [5, 5.41) is 11.2. The summed E-state index contributed by atoms with van der Waals surface area (Å²) in [5.41, 5.74) is 0. The quantitative estimate of drug-likeness (QED) is 0.687. The highest BCUT2D eigenvalue weighted by Crippen LogP contribution is 2.09. The van der Waals surface area contributed by atoms with Crippen molar-refractivity contribution in [1.29, 1.82) is 0 Å². The van der Waals surface area contributed by atoms with Crippen molar-refractivity contribution in [3.05, 3.63) is 0 Å². The van der Waals surface area contributed by atoms with Gasteiger partial charge in [0, 0.05) is 13.0 Å². The van der Waals surface area contributed by atoms with Gasteiger partial charge in [0.2, 0.25) is 0 Å². The van der Waals surface area contributed by atoms with Crippen LogP contribution < -0.4 is 5.32 Å². The van der Waals surface area contributed by atoms with Crippen molar-refractivity contribution in [2.75, 3.05) is 13.2 Å². The van der Waals surface area contributed by atoms with Crippen LogP contribution in [0.15, 0.2) is 0 Å². The molecule has 1 atom stereocenters. The number of hydrogen-bond donors (Lipinski definition) is 2. The molecule has 0 heterocycles. The van der Waals surface area contributed by atoms with E-state index in [4.69, 9.17) is 9.84 Å². The number of amides is 1. The van der Waals surface area contributed by atoms with Crippen LogP contribution in [-0.4, -0.2) is 30.3 Å². The fraction of sp³-hybridized carbons (Fsp3) is 0.833. The summed E-state index contributed by atoms with van der Waals surface area (Å²) >= 11 is 0. The molecule has 1 amide bonds. The van der Waals surface area contributed by atoms with Crippen LogP contribution in [-0.2, 0) is 9.53 Å². The Labute approximate surface area is 103 Å². The largest absolute Gasteiger partial charge is 0.481 e. The average Bonchev–Trinajstić information content (AvgIpc) is 2.23. The summed E-state index contributed by atoms with van der Waals surface area (Å²) in [7, 11) is 0. The predicted molar refractivity (Wildman–Crippen MR) is 64.8 cm³/mol. The zero-order valence-corrected chi connectivity index (χ0v) is 10.9. The fourth-order valence-corrected chi connectivity index (χ4v) is 1.23. The molecule has 0 radical (unpaired) electrons. The minimum absolute atomic E-state index is 0.180. The summed E-state index contributed by atoms with van der Waals surface area (Å²) in [6.07, 6.45) is 1.19. The Kier molecular flexibility index (Phi) is 8.19. The van der Waals surface area contributed by atoms with Crippen LogP contribution >= 0.6 is 0 Å². The van der Waals surface area contributed by atoms with Crippen molar-refractivity contribution in [3.63, 3.8) is 0 Å². The highest BCUT2D eigenvalue weighted by Gasteiger charge is 2.07. The van der Waals surface area contributed by atoms with Gasteiger partial charge in [0.15, 0.2) is 0 Å². The molecule has 0 aliphatic rings. The van der Waals surface area contributed by atoms with Gasteiger partial charge in [0.1, 0.15) is 0 Å². The summed E-state index contributed by atoms with van der Waals surface area (Å²) < 4.78 is 4.94. The number of hydrogen-bond acceptors (Lipinski definition) is 3. The summed E-state index contributed by atoms with van der Waals surface area (Å²) in [6, 6.07) is 0. The van der Waals surface area contributed by atoms with E-state index in [0.717, 1.165) is 6.42 Å². The third kappa shape index (κ3) is 11.0. The molecule has 5 nitrogen and oxygen atoms in total. The molecule has 17 heavy (non-hydrogen) atoms. The van der Waals surface area contributed by atoms with Gasteiger partial charge in [0.25, 0.3) is 0 Å². The zero-order valence-electron chi connectivity index (χ0n) is 10.9. The molecule has 0 spiro atoms. The normalized spacial score (nSPS) is 12.2. The first-order chi connectivity index (χ1) is 7.91. The number of ether oxygens (including phenoxy) is 1. The molecule has 0 fully saturated rings. The number of alkyl carbamates (subject to hydrolysis) is 1. The van der Waals surface area contributed by atoms with Crippen LogP contribution in [0.3, 0.4) is 0 Å². The third-order valence-corrected chi connectivity index (χ3v) is 2.31. The molecule has 0 aliphatic carbocycles. The van der Waals surface area contributed by atoms with Gasteiger partial charge >= 0.3 is 12.1 Å². The Hall–Kier alpha value is -1.26. The molecule has 2 N–H and O–H groups in total. The molecular weight excluding hydrogens is 222 g/mol. The molecule has 0 aromatic carbocycles. The van der Waals surface area contributed by atoms with Crippen LogP contribution in [0.1, 0.15) is 40.0 Å². The van der Waals surface area contributed by atoms with Crippen molar-refractivity contribution < 1.29 is 19.4 Å². The van der Waals surface area contributed by atoms with E-state index in [1.165, 1.54) is 0 Å².